The third-order valence-corrected chi connectivity index (χ3v) is 8.62. The summed E-state index contributed by atoms with van der Waals surface area (Å²) >= 11 is 0. The van der Waals surface area contributed by atoms with Crippen LogP contribution in [0.1, 0.15) is 38.5 Å². The molecule has 4 aliphatic rings. The largest absolute Gasteiger partial charge is 0.459 e. The number of anilines is 1. The van der Waals surface area contributed by atoms with Gasteiger partial charge in [0.15, 0.2) is 0 Å². The van der Waals surface area contributed by atoms with Crippen LogP contribution < -0.4 is 16.0 Å². The van der Waals surface area contributed by atoms with E-state index in [4.69, 9.17) is 10.5 Å². The number of hydrogen-bond donors (Lipinski definition) is 2. The molecule has 1 aliphatic heterocycles. The van der Waals surface area contributed by atoms with E-state index in [0.717, 1.165) is 64.1 Å². The third-order valence-electron chi connectivity index (χ3n) is 8.62. The number of pyridine rings is 1. The first-order valence-corrected chi connectivity index (χ1v) is 13.8. The van der Waals surface area contributed by atoms with Crippen LogP contribution in [-0.4, -0.2) is 73.0 Å². The van der Waals surface area contributed by atoms with Crippen molar-refractivity contribution in [2.75, 3.05) is 44.2 Å². The number of aromatic nitrogens is 1. The first kappa shape index (κ1) is 25.7. The summed E-state index contributed by atoms with van der Waals surface area (Å²) in [6.07, 6.45) is 11.2. The highest BCUT2D eigenvalue weighted by atomic mass is 16.5. The maximum absolute atomic E-state index is 13.2. The summed E-state index contributed by atoms with van der Waals surface area (Å²) < 4.78 is 6.03. The first-order valence-electron chi connectivity index (χ1n) is 13.8. The Labute approximate surface area is 218 Å². The lowest BCUT2D eigenvalue weighted by molar-refractivity contribution is -0.156. The highest BCUT2D eigenvalue weighted by Crippen LogP contribution is 2.47. The number of allylic oxidation sites excluding steroid dienone is 2. The van der Waals surface area contributed by atoms with Gasteiger partial charge in [-0.05, 0) is 43.2 Å². The van der Waals surface area contributed by atoms with Crippen LogP contribution in [0.2, 0.25) is 0 Å². The molecule has 2 bridgehead atoms. The number of piperazine rings is 1. The second kappa shape index (κ2) is 11.6. The molecule has 2 saturated carbocycles. The summed E-state index contributed by atoms with van der Waals surface area (Å²) in [6.45, 7) is 4.12. The third kappa shape index (κ3) is 5.98. The van der Waals surface area contributed by atoms with E-state index in [1.54, 1.807) is 6.20 Å². The second-order valence-corrected chi connectivity index (χ2v) is 11.0. The van der Waals surface area contributed by atoms with E-state index >= 15 is 0 Å². The van der Waals surface area contributed by atoms with Crippen molar-refractivity contribution in [3.05, 3.63) is 36.5 Å². The van der Waals surface area contributed by atoms with Gasteiger partial charge in [0, 0.05) is 38.9 Å². The number of rotatable bonds is 9. The Morgan fingerprint density at radius 2 is 1.76 bits per heavy atom. The van der Waals surface area contributed by atoms with Gasteiger partial charge in [-0.2, -0.15) is 0 Å². The van der Waals surface area contributed by atoms with E-state index < -0.39 is 23.8 Å². The lowest BCUT2D eigenvalue weighted by Gasteiger charge is -2.37. The predicted octanol–water partition coefficient (Wildman–Crippen LogP) is 1.74. The smallest absolute Gasteiger partial charge is 0.309 e. The van der Waals surface area contributed by atoms with Crippen LogP contribution in [0, 0.1) is 29.6 Å². The van der Waals surface area contributed by atoms with Crippen molar-refractivity contribution in [2.24, 2.45) is 35.3 Å². The monoisotopic (exact) mass is 509 g/mol. The number of hydrogen-bond acceptors (Lipinski definition) is 7. The molecule has 3 aliphatic carbocycles. The molecule has 3 N–H and O–H groups in total. The summed E-state index contributed by atoms with van der Waals surface area (Å²) in [5, 5.41) is 3.02. The van der Waals surface area contributed by atoms with Gasteiger partial charge in [-0.25, -0.2) is 4.98 Å². The molecule has 2 amide bonds. The minimum absolute atomic E-state index is 0.0467. The number of nitrogens with one attached hydrogen (secondary N) is 1. The minimum atomic E-state index is -0.460. The van der Waals surface area contributed by atoms with Crippen LogP contribution in [0.4, 0.5) is 5.82 Å². The number of primary amides is 1. The van der Waals surface area contributed by atoms with Gasteiger partial charge in [-0.3, -0.25) is 19.3 Å². The van der Waals surface area contributed by atoms with Gasteiger partial charge in [0.05, 0.1) is 24.3 Å². The van der Waals surface area contributed by atoms with Crippen molar-refractivity contribution in [3.8, 4) is 0 Å². The van der Waals surface area contributed by atoms with Crippen LogP contribution in [-0.2, 0) is 19.1 Å². The van der Waals surface area contributed by atoms with Crippen LogP contribution in [0.3, 0.4) is 0 Å². The molecular weight excluding hydrogens is 470 g/mol. The van der Waals surface area contributed by atoms with Crippen molar-refractivity contribution in [1.82, 2.24) is 15.2 Å². The van der Waals surface area contributed by atoms with E-state index in [1.165, 1.54) is 6.42 Å². The van der Waals surface area contributed by atoms with E-state index in [-0.39, 0.29) is 36.2 Å². The number of esters is 1. The number of carbonyl (C=O) groups excluding carboxylic acids is 3. The molecule has 1 aromatic rings. The van der Waals surface area contributed by atoms with Crippen LogP contribution >= 0.6 is 0 Å². The molecule has 3 unspecified atom stereocenters. The Kier molecular flexibility index (Phi) is 8.08. The second-order valence-electron chi connectivity index (χ2n) is 11.0. The molecule has 5 rings (SSSR count). The van der Waals surface area contributed by atoms with Crippen molar-refractivity contribution < 1.29 is 19.1 Å². The predicted molar refractivity (Wildman–Crippen MR) is 139 cm³/mol. The van der Waals surface area contributed by atoms with Crippen LogP contribution in [0.5, 0.6) is 0 Å². The normalized spacial score (nSPS) is 28.7. The lowest BCUT2D eigenvalue weighted by atomic mass is 9.82. The summed E-state index contributed by atoms with van der Waals surface area (Å²) in [6, 6.07) is 5.93. The van der Waals surface area contributed by atoms with Gasteiger partial charge >= 0.3 is 5.97 Å². The first-order chi connectivity index (χ1) is 18.0. The van der Waals surface area contributed by atoms with Crippen molar-refractivity contribution >= 4 is 23.6 Å². The molecule has 200 valence electrons. The number of ether oxygens (including phenoxy) is 1. The molecule has 37 heavy (non-hydrogen) atoms. The number of carbonyl (C=O) groups is 3. The highest BCUT2D eigenvalue weighted by molar-refractivity contribution is 5.89. The Morgan fingerprint density at radius 3 is 2.43 bits per heavy atom. The Balaban J connectivity index is 1.19. The molecule has 2 heterocycles. The Bertz CT molecular complexity index is 988. The molecule has 1 aromatic heterocycles. The zero-order valence-electron chi connectivity index (χ0n) is 21.5. The molecular formula is C28H39N5O4. The van der Waals surface area contributed by atoms with E-state index in [2.05, 4.69) is 20.1 Å². The van der Waals surface area contributed by atoms with E-state index in [0.29, 0.717) is 6.54 Å². The van der Waals surface area contributed by atoms with Gasteiger partial charge in [-0.1, -0.05) is 37.5 Å². The Morgan fingerprint density at radius 1 is 1.03 bits per heavy atom. The van der Waals surface area contributed by atoms with Crippen LogP contribution in [0.15, 0.2) is 36.5 Å². The van der Waals surface area contributed by atoms with Crippen molar-refractivity contribution in [1.29, 1.82) is 0 Å². The number of fused-ring (bicyclic) bond motifs is 2. The molecule has 1 saturated heterocycles. The van der Waals surface area contributed by atoms with Gasteiger partial charge in [0.2, 0.25) is 11.8 Å². The molecule has 9 nitrogen and oxygen atoms in total. The summed E-state index contributed by atoms with van der Waals surface area (Å²) in [5.41, 5.74) is 5.66. The maximum atomic E-state index is 13.2. The maximum Gasteiger partial charge on any atom is 0.309 e. The molecule has 0 aromatic carbocycles. The zero-order valence-corrected chi connectivity index (χ0v) is 21.5. The standard InChI is InChI=1S/C28H39N5O4/c29-26(34)24-20-9-10-21(16-20)25(24)27(35)31-17-22(37-28(36)19-6-2-1-3-7-19)18-32-12-14-33(15-13-32)23-8-4-5-11-30-23/h4-5,8-11,19-22,24-25H,1-3,6-7,12-18H2,(H2,29,34)(H,31,35)/t20-,21+,22?,24?,25?/m1/s1. The van der Waals surface area contributed by atoms with Gasteiger partial charge < -0.3 is 20.7 Å². The van der Waals surface area contributed by atoms with E-state index in [9.17, 15) is 14.4 Å². The highest BCUT2D eigenvalue weighted by Gasteiger charge is 2.50. The Hall–Kier alpha value is -2.94. The number of nitrogens with zero attached hydrogens (tertiary/aromatic N) is 3. The number of nitrogens with two attached hydrogens (primary N) is 1. The average Bonchev–Trinajstić information content (AvgIpc) is 3.55. The fourth-order valence-electron chi connectivity index (χ4n) is 6.63. The number of amides is 2. The zero-order chi connectivity index (χ0) is 25.8. The molecule has 0 radical (unpaired) electrons. The summed E-state index contributed by atoms with van der Waals surface area (Å²) in [7, 11) is 0. The molecule has 9 heteroatoms. The minimum Gasteiger partial charge on any atom is -0.459 e. The molecule has 5 atom stereocenters. The SMILES string of the molecule is NC(=O)C1C(C(=O)NCC(CN2CCN(c3ccccn3)CC2)OC(=O)C2CCCCC2)[C@H]2C=C[C@@H]1C2. The topological polar surface area (TPSA) is 118 Å². The van der Waals surface area contributed by atoms with Gasteiger partial charge in [-0.15, -0.1) is 0 Å². The van der Waals surface area contributed by atoms with Gasteiger partial charge in [0.25, 0.3) is 0 Å². The van der Waals surface area contributed by atoms with Crippen LogP contribution in [0.25, 0.3) is 0 Å². The van der Waals surface area contributed by atoms with Crippen molar-refractivity contribution in [2.45, 2.75) is 44.6 Å². The lowest BCUT2D eigenvalue weighted by Crippen LogP contribution is -2.52. The fourth-order valence-corrected chi connectivity index (χ4v) is 6.63. The molecule has 3 fully saturated rings. The molecule has 0 spiro atoms. The quantitative estimate of drug-likeness (QED) is 0.385. The fraction of sp³-hybridized carbons (Fsp3) is 0.643. The summed E-state index contributed by atoms with van der Waals surface area (Å²) in [4.78, 5) is 47.3. The van der Waals surface area contributed by atoms with Gasteiger partial charge in [0.1, 0.15) is 11.9 Å². The summed E-state index contributed by atoms with van der Waals surface area (Å²) in [5.74, 6) is -0.617. The van der Waals surface area contributed by atoms with Crippen molar-refractivity contribution in [3.63, 3.8) is 0 Å². The van der Waals surface area contributed by atoms with E-state index in [1.807, 2.05) is 30.4 Å². The average molecular weight is 510 g/mol.